The molecule has 0 saturated carbocycles. The lowest BCUT2D eigenvalue weighted by Crippen LogP contribution is -2.21. The lowest BCUT2D eigenvalue weighted by Gasteiger charge is -2.24. The number of fused-ring (bicyclic) bond motifs is 2. The summed E-state index contributed by atoms with van der Waals surface area (Å²) in [5.74, 6) is 0. The van der Waals surface area contributed by atoms with Crippen molar-refractivity contribution in [2.45, 2.75) is 27.7 Å². The van der Waals surface area contributed by atoms with Crippen molar-refractivity contribution in [2.75, 3.05) is 26.4 Å². The Morgan fingerprint density at radius 2 is 0.906 bits per heavy atom. The predicted octanol–water partition coefficient (Wildman–Crippen LogP) is 5.64. The molecule has 0 amide bonds. The molecular formula is C22H28O8P2. The maximum atomic E-state index is 13.9. The van der Waals surface area contributed by atoms with E-state index in [0.29, 0.717) is 26.8 Å². The van der Waals surface area contributed by atoms with Crippen LogP contribution in [0.1, 0.15) is 27.7 Å². The molecule has 0 aliphatic carbocycles. The van der Waals surface area contributed by atoms with Crippen LogP contribution in [-0.2, 0) is 37.3 Å². The molecule has 8 nitrogen and oxygen atoms in total. The van der Waals surface area contributed by atoms with Gasteiger partial charge in [-0.2, -0.15) is 0 Å². The SMILES string of the molecule is CCOOP(=O)(OOCC)c1c2ccccc2c(P(=O)(OCC)OCC)c2ccccc12. The van der Waals surface area contributed by atoms with Gasteiger partial charge in [0.15, 0.2) is 0 Å². The van der Waals surface area contributed by atoms with Crippen LogP contribution in [-0.4, -0.2) is 26.4 Å². The molecule has 0 saturated heterocycles. The van der Waals surface area contributed by atoms with Crippen LogP contribution in [0.25, 0.3) is 21.5 Å². The minimum atomic E-state index is -4.11. The molecule has 3 aromatic carbocycles. The third-order valence-electron chi connectivity index (χ3n) is 4.56. The summed E-state index contributed by atoms with van der Waals surface area (Å²) in [7, 11) is -7.83. The van der Waals surface area contributed by atoms with Crippen molar-refractivity contribution < 1.29 is 37.3 Å². The summed E-state index contributed by atoms with van der Waals surface area (Å²) in [5, 5.41) is 2.75. The van der Waals surface area contributed by atoms with Crippen LogP contribution >= 0.6 is 15.2 Å². The van der Waals surface area contributed by atoms with Crippen molar-refractivity contribution in [3.05, 3.63) is 48.5 Å². The fourth-order valence-electron chi connectivity index (χ4n) is 3.51. The lowest BCUT2D eigenvalue weighted by molar-refractivity contribution is -0.260. The smallest absolute Gasteiger partial charge is 0.305 e. The first-order valence-corrected chi connectivity index (χ1v) is 13.6. The predicted molar refractivity (Wildman–Crippen MR) is 125 cm³/mol. The van der Waals surface area contributed by atoms with Crippen molar-refractivity contribution in [3.63, 3.8) is 0 Å². The molecule has 0 spiro atoms. The minimum absolute atomic E-state index is 0.150. The van der Waals surface area contributed by atoms with Crippen molar-refractivity contribution in [2.24, 2.45) is 0 Å². The van der Waals surface area contributed by atoms with Gasteiger partial charge in [-0.25, -0.2) is 14.3 Å². The summed E-state index contributed by atoms with van der Waals surface area (Å²) in [6.45, 7) is 7.60. The van der Waals surface area contributed by atoms with E-state index in [1.165, 1.54) is 0 Å². The van der Waals surface area contributed by atoms with Gasteiger partial charge in [-0.1, -0.05) is 48.5 Å². The van der Waals surface area contributed by atoms with Gasteiger partial charge < -0.3 is 9.05 Å². The Morgan fingerprint density at radius 3 is 1.22 bits per heavy atom. The summed E-state index contributed by atoms with van der Waals surface area (Å²) in [5.41, 5.74) is 0. The zero-order valence-corrected chi connectivity index (χ0v) is 20.4. The van der Waals surface area contributed by atoms with Crippen LogP contribution in [0.3, 0.4) is 0 Å². The third-order valence-corrected chi connectivity index (χ3v) is 8.42. The number of hydrogen-bond donors (Lipinski definition) is 0. The molecule has 0 N–H and O–H groups in total. The zero-order chi connectivity index (χ0) is 23.2. The molecule has 0 heterocycles. The highest BCUT2D eigenvalue weighted by Gasteiger charge is 2.39. The quantitative estimate of drug-likeness (QED) is 0.142. The van der Waals surface area contributed by atoms with Gasteiger partial charge in [0, 0.05) is 0 Å². The molecule has 0 bridgehead atoms. The fraction of sp³-hybridized carbons (Fsp3) is 0.364. The molecule has 0 aliphatic rings. The van der Waals surface area contributed by atoms with Gasteiger partial charge in [-0.15, -0.1) is 9.35 Å². The van der Waals surface area contributed by atoms with Crippen LogP contribution in [0.15, 0.2) is 48.5 Å². The first-order chi connectivity index (χ1) is 15.5. The molecule has 0 fully saturated rings. The van der Waals surface area contributed by atoms with Gasteiger partial charge in [-0.05, 0) is 49.2 Å². The Balaban J connectivity index is 2.47. The van der Waals surface area contributed by atoms with Crippen LogP contribution in [0.5, 0.6) is 0 Å². The molecule has 0 aliphatic heterocycles. The van der Waals surface area contributed by atoms with E-state index >= 15 is 0 Å². The van der Waals surface area contributed by atoms with E-state index in [2.05, 4.69) is 0 Å². The topological polar surface area (TPSA) is 89.5 Å². The Bertz CT molecular complexity index is 1080. The van der Waals surface area contributed by atoms with Crippen molar-refractivity contribution in [1.82, 2.24) is 0 Å². The number of rotatable bonds is 12. The molecule has 3 rings (SSSR count). The van der Waals surface area contributed by atoms with Gasteiger partial charge in [-0.3, -0.25) is 4.57 Å². The van der Waals surface area contributed by atoms with Gasteiger partial charge in [0.2, 0.25) is 0 Å². The summed E-state index contributed by atoms with van der Waals surface area (Å²) >= 11 is 0. The third kappa shape index (κ3) is 4.84. The molecule has 32 heavy (non-hydrogen) atoms. The molecule has 0 aromatic heterocycles. The molecule has 0 radical (unpaired) electrons. The summed E-state index contributed by atoms with van der Waals surface area (Å²) in [4.78, 5) is 10.1. The second kappa shape index (κ2) is 11.0. The van der Waals surface area contributed by atoms with Crippen LogP contribution in [0.2, 0.25) is 0 Å². The summed E-state index contributed by atoms with van der Waals surface area (Å²) in [6, 6.07) is 14.2. The highest BCUT2D eigenvalue weighted by atomic mass is 31.2. The van der Waals surface area contributed by atoms with Crippen molar-refractivity contribution in [3.8, 4) is 0 Å². The second-order valence-corrected chi connectivity index (χ2v) is 10.3. The van der Waals surface area contributed by atoms with E-state index in [0.717, 1.165) is 0 Å². The Hall–Kier alpha value is -1.60. The first-order valence-electron chi connectivity index (χ1n) is 10.5. The number of hydrogen-bond acceptors (Lipinski definition) is 8. The largest absolute Gasteiger partial charge is 0.416 e. The average Bonchev–Trinajstić information content (AvgIpc) is 2.80. The van der Waals surface area contributed by atoms with Gasteiger partial charge in [0.05, 0.1) is 37.0 Å². The standard InChI is InChI=1S/C22H28O8P2/c1-5-25-29-32(24,30-26-6-2)22-19-15-11-9-13-17(19)21(18-14-10-12-16-20(18)22)31(23,27-7-3)28-8-4/h9-16H,5-8H2,1-4H3. The molecule has 0 unspecified atom stereocenters. The lowest BCUT2D eigenvalue weighted by atomic mass is 10.0. The van der Waals surface area contributed by atoms with E-state index in [-0.39, 0.29) is 31.7 Å². The molecule has 3 aromatic rings. The van der Waals surface area contributed by atoms with E-state index in [1.807, 2.05) is 0 Å². The summed E-state index contributed by atoms with van der Waals surface area (Å²) in [6.07, 6.45) is 0. The highest BCUT2D eigenvalue weighted by molar-refractivity contribution is 7.64. The Labute approximate surface area is 187 Å². The first kappa shape index (κ1) is 25.0. The van der Waals surface area contributed by atoms with Gasteiger partial charge in [0.1, 0.15) is 0 Å². The maximum absolute atomic E-state index is 13.9. The highest BCUT2D eigenvalue weighted by Crippen LogP contribution is 2.54. The normalized spacial score (nSPS) is 12.6. The van der Waals surface area contributed by atoms with Crippen LogP contribution in [0.4, 0.5) is 0 Å². The van der Waals surface area contributed by atoms with Gasteiger partial charge >= 0.3 is 15.2 Å². The van der Waals surface area contributed by atoms with E-state index in [9.17, 15) is 9.13 Å². The van der Waals surface area contributed by atoms with E-state index < -0.39 is 15.2 Å². The fourth-order valence-corrected chi connectivity index (χ4v) is 7.14. The number of benzene rings is 3. The average molecular weight is 482 g/mol. The van der Waals surface area contributed by atoms with Gasteiger partial charge in [0.25, 0.3) is 0 Å². The van der Waals surface area contributed by atoms with Crippen molar-refractivity contribution >= 4 is 47.3 Å². The molecule has 174 valence electrons. The Kier molecular flexibility index (Phi) is 8.62. The molecule has 0 atom stereocenters. The second-order valence-electron chi connectivity index (χ2n) is 6.58. The van der Waals surface area contributed by atoms with Crippen LogP contribution in [0, 0.1) is 0 Å². The zero-order valence-electron chi connectivity index (χ0n) is 18.6. The maximum Gasteiger partial charge on any atom is 0.416 e. The van der Waals surface area contributed by atoms with Crippen molar-refractivity contribution in [1.29, 1.82) is 0 Å². The minimum Gasteiger partial charge on any atom is -0.305 e. The van der Waals surface area contributed by atoms with Crippen LogP contribution < -0.4 is 10.6 Å². The molecule has 10 heteroatoms. The van der Waals surface area contributed by atoms with E-state index in [4.69, 9.17) is 28.2 Å². The summed E-state index contributed by atoms with van der Waals surface area (Å²) < 4.78 is 49.8. The monoisotopic (exact) mass is 482 g/mol. The Morgan fingerprint density at radius 1 is 0.562 bits per heavy atom. The molecular weight excluding hydrogens is 454 g/mol. The van der Waals surface area contributed by atoms with E-state index in [1.54, 1.807) is 76.2 Å².